The van der Waals surface area contributed by atoms with Crippen molar-refractivity contribution in [1.29, 1.82) is 0 Å². The summed E-state index contributed by atoms with van der Waals surface area (Å²) in [5, 5.41) is 0.577. The van der Waals surface area contributed by atoms with Crippen LogP contribution in [0.2, 0.25) is 23.2 Å². The van der Waals surface area contributed by atoms with Crippen LogP contribution in [0.5, 0.6) is 0 Å². The molecule has 1 aliphatic carbocycles. The second kappa shape index (κ2) is 8.75. The Labute approximate surface area is 204 Å². The normalized spacial score (nSPS) is 23.9. The number of pyridine rings is 1. The molecule has 180 valence electrons. The Morgan fingerprint density at radius 3 is 2.33 bits per heavy atom. The fourth-order valence-corrected chi connectivity index (χ4v) is 8.42. The molecule has 0 radical (unpaired) electrons. The summed E-state index contributed by atoms with van der Waals surface area (Å²) in [5.74, 6) is 0. The third kappa shape index (κ3) is 4.80. The van der Waals surface area contributed by atoms with E-state index in [4.69, 9.17) is 16.0 Å². The van der Waals surface area contributed by atoms with E-state index in [1.807, 2.05) is 12.1 Å². The average molecular weight is 507 g/mol. The van der Waals surface area contributed by atoms with Crippen LogP contribution in [0.4, 0.5) is 0 Å². The van der Waals surface area contributed by atoms with Crippen LogP contribution in [-0.4, -0.2) is 37.7 Å². The van der Waals surface area contributed by atoms with Crippen LogP contribution in [0.15, 0.2) is 53.7 Å². The summed E-state index contributed by atoms with van der Waals surface area (Å²) in [7, 11) is -5.87. The molecule has 2 fully saturated rings. The molecule has 2 atom stereocenters. The Morgan fingerprint density at radius 1 is 1.12 bits per heavy atom. The van der Waals surface area contributed by atoms with Gasteiger partial charge >= 0.3 is 0 Å². The highest BCUT2D eigenvalue weighted by Gasteiger charge is 2.60. The van der Waals surface area contributed by atoms with E-state index >= 15 is 0 Å². The lowest BCUT2D eigenvalue weighted by Gasteiger charge is -2.48. The van der Waals surface area contributed by atoms with Crippen molar-refractivity contribution in [3.8, 4) is 0 Å². The van der Waals surface area contributed by atoms with Gasteiger partial charge in [0.25, 0.3) is 0 Å². The summed E-state index contributed by atoms with van der Waals surface area (Å²) in [6, 6.07) is 9.90. The molecule has 33 heavy (non-hydrogen) atoms. The third-order valence-corrected chi connectivity index (χ3v) is 14.4. The number of piperidine rings is 1. The quantitative estimate of drug-likeness (QED) is 0.415. The van der Waals surface area contributed by atoms with E-state index in [0.29, 0.717) is 5.02 Å². The molecule has 1 aromatic heterocycles. The first-order valence-corrected chi connectivity index (χ1v) is 16.5. The number of halogens is 1. The Morgan fingerprint density at radius 2 is 1.79 bits per heavy atom. The minimum Gasteiger partial charge on any atom is -0.410 e. The lowest BCUT2D eigenvalue weighted by atomic mass is 9.90. The summed E-state index contributed by atoms with van der Waals surface area (Å²) in [6.07, 6.45) is 7.85. The molecule has 2 aliphatic rings. The van der Waals surface area contributed by atoms with Gasteiger partial charge in [-0.1, -0.05) is 38.4 Å². The molecule has 0 bridgehead atoms. The van der Waals surface area contributed by atoms with E-state index in [-0.39, 0.29) is 22.0 Å². The molecule has 8 heteroatoms. The number of hydrogen-bond acceptors (Lipinski definition) is 4. The molecular formula is C25H35ClN2O3SSi. The van der Waals surface area contributed by atoms with E-state index in [2.05, 4.69) is 38.8 Å². The van der Waals surface area contributed by atoms with Crippen molar-refractivity contribution in [3.05, 3.63) is 59.4 Å². The molecule has 0 N–H and O–H groups in total. The summed E-state index contributed by atoms with van der Waals surface area (Å²) in [5.41, 5.74) is 0.520. The van der Waals surface area contributed by atoms with Gasteiger partial charge in [-0.25, -0.2) is 8.42 Å². The second-order valence-electron chi connectivity index (χ2n) is 11.0. The first-order chi connectivity index (χ1) is 15.4. The maximum atomic E-state index is 14.1. The van der Waals surface area contributed by atoms with Crippen LogP contribution in [0.25, 0.3) is 0 Å². The molecule has 5 nitrogen and oxygen atoms in total. The number of aromatic nitrogens is 1. The van der Waals surface area contributed by atoms with Crippen LogP contribution >= 0.6 is 11.6 Å². The van der Waals surface area contributed by atoms with Gasteiger partial charge in [-0.3, -0.25) is 4.98 Å². The summed E-state index contributed by atoms with van der Waals surface area (Å²) in [6.45, 7) is 11.2. The maximum absolute atomic E-state index is 14.1. The fourth-order valence-electron chi connectivity index (χ4n) is 4.71. The van der Waals surface area contributed by atoms with E-state index in [1.54, 1.807) is 41.0 Å². The highest BCUT2D eigenvalue weighted by atomic mass is 35.5. The predicted molar refractivity (Wildman–Crippen MR) is 135 cm³/mol. The van der Waals surface area contributed by atoms with Crippen LogP contribution in [0.1, 0.15) is 64.5 Å². The Balaban J connectivity index is 1.79. The topological polar surface area (TPSA) is 59.5 Å². The van der Waals surface area contributed by atoms with Crippen LogP contribution in [0, 0.1) is 0 Å². The zero-order chi connectivity index (χ0) is 24.1. The maximum Gasteiger partial charge on any atom is 0.243 e. The lowest BCUT2D eigenvalue weighted by molar-refractivity contribution is 0.0348. The van der Waals surface area contributed by atoms with Gasteiger partial charge in [-0.2, -0.15) is 4.31 Å². The van der Waals surface area contributed by atoms with Gasteiger partial charge in [0.1, 0.15) is 0 Å². The first-order valence-electron chi connectivity index (χ1n) is 11.8. The van der Waals surface area contributed by atoms with Crippen molar-refractivity contribution in [2.75, 3.05) is 0 Å². The molecule has 1 aliphatic heterocycles. The molecule has 0 amide bonds. The van der Waals surface area contributed by atoms with E-state index in [1.165, 1.54) is 0 Å². The number of sulfonamides is 1. The Bertz CT molecular complexity index is 1080. The monoisotopic (exact) mass is 506 g/mol. The fraction of sp³-hybridized carbons (Fsp3) is 0.560. The van der Waals surface area contributed by atoms with E-state index in [9.17, 15) is 8.42 Å². The minimum atomic E-state index is -3.78. The zero-order valence-electron chi connectivity index (χ0n) is 20.2. The van der Waals surface area contributed by atoms with Crippen molar-refractivity contribution in [1.82, 2.24) is 9.29 Å². The van der Waals surface area contributed by atoms with Gasteiger partial charge in [-0.05, 0) is 86.1 Å². The number of hydrogen-bond donors (Lipinski definition) is 0. The molecule has 1 saturated carbocycles. The summed E-state index contributed by atoms with van der Waals surface area (Å²) >= 11 is 6.07. The predicted octanol–water partition coefficient (Wildman–Crippen LogP) is 6.57. The Kier molecular flexibility index (Phi) is 6.59. The van der Waals surface area contributed by atoms with Gasteiger partial charge in [0.05, 0.1) is 22.6 Å². The molecule has 2 aromatic rings. The summed E-state index contributed by atoms with van der Waals surface area (Å²) in [4.78, 5) is 4.57. The standard InChI is InChI=1S/C25H35ClN2O3SSi/c1-24(2,3)33(4,5)31-25(15-16-25)23-10-6-9-22(19-8-7-17-27-18-19)28(23)32(29,30)21-13-11-20(26)12-14-21/h7-8,11-14,17-18,22-23H,6,9-10,15-16H2,1-5H3/t22-,23+/m0/s1. The Hall–Kier alpha value is -1.25. The van der Waals surface area contributed by atoms with Crippen LogP contribution < -0.4 is 0 Å². The number of nitrogens with zero attached hydrogens (tertiary/aromatic N) is 2. The van der Waals surface area contributed by atoms with Crippen molar-refractivity contribution in [3.63, 3.8) is 0 Å². The van der Waals surface area contributed by atoms with Crippen LogP contribution in [-0.2, 0) is 14.4 Å². The smallest absolute Gasteiger partial charge is 0.243 e. The molecule has 4 rings (SSSR count). The lowest BCUT2D eigenvalue weighted by Crippen LogP contribution is -2.56. The highest BCUT2D eigenvalue weighted by molar-refractivity contribution is 7.89. The molecular weight excluding hydrogens is 472 g/mol. The number of benzene rings is 1. The molecule has 0 unspecified atom stereocenters. The van der Waals surface area contributed by atoms with Crippen molar-refractivity contribution in [2.45, 2.75) is 93.6 Å². The highest BCUT2D eigenvalue weighted by Crippen LogP contribution is 2.55. The van der Waals surface area contributed by atoms with Gasteiger partial charge in [0.15, 0.2) is 8.32 Å². The molecule has 2 heterocycles. The third-order valence-electron chi connectivity index (χ3n) is 7.64. The van der Waals surface area contributed by atoms with Gasteiger partial charge in [-0.15, -0.1) is 0 Å². The summed E-state index contributed by atoms with van der Waals surface area (Å²) < 4.78 is 37.1. The molecule has 1 aromatic carbocycles. The van der Waals surface area contributed by atoms with E-state index < -0.39 is 23.9 Å². The van der Waals surface area contributed by atoms with Crippen LogP contribution in [0.3, 0.4) is 0 Å². The van der Waals surface area contributed by atoms with E-state index in [0.717, 1.165) is 37.7 Å². The molecule has 0 spiro atoms. The average Bonchev–Trinajstić information content (AvgIpc) is 3.53. The minimum absolute atomic E-state index is 0.0554. The largest absolute Gasteiger partial charge is 0.410 e. The zero-order valence-corrected chi connectivity index (χ0v) is 22.8. The van der Waals surface area contributed by atoms with Crippen molar-refractivity contribution < 1.29 is 12.8 Å². The number of rotatable bonds is 6. The van der Waals surface area contributed by atoms with Gasteiger partial charge in [0, 0.05) is 17.4 Å². The second-order valence-corrected chi connectivity index (χ2v) is 18.0. The molecule has 1 saturated heterocycles. The van der Waals surface area contributed by atoms with Gasteiger partial charge < -0.3 is 4.43 Å². The first kappa shape index (κ1) is 24.9. The SMILES string of the molecule is CC(C)(C)[Si](C)(C)OC1([C@H]2CCC[C@@H](c3cccnc3)N2S(=O)(=O)c2ccc(Cl)cc2)CC1. The van der Waals surface area contributed by atoms with Crippen molar-refractivity contribution >= 4 is 29.9 Å². The van der Waals surface area contributed by atoms with Crippen molar-refractivity contribution in [2.24, 2.45) is 0 Å². The van der Waals surface area contributed by atoms with Gasteiger partial charge in [0.2, 0.25) is 10.0 Å².